The van der Waals surface area contributed by atoms with Crippen molar-refractivity contribution in [3.63, 3.8) is 0 Å². The van der Waals surface area contributed by atoms with Crippen molar-refractivity contribution in [1.29, 1.82) is 0 Å². The first-order chi connectivity index (χ1) is 7.83. The molecule has 0 unspecified atom stereocenters. The lowest BCUT2D eigenvalue weighted by Gasteiger charge is -2.17. The summed E-state index contributed by atoms with van der Waals surface area (Å²) in [6.45, 7) is 3.91. The van der Waals surface area contributed by atoms with Crippen LogP contribution >= 0.6 is 0 Å². The van der Waals surface area contributed by atoms with Crippen LogP contribution in [0.1, 0.15) is 20.3 Å². The van der Waals surface area contributed by atoms with Gasteiger partial charge in [0.05, 0.1) is 6.42 Å². The smallest absolute Gasteiger partial charge is 0.305 e. The van der Waals surface area contributed by atoms with E-state index in [1.807, 2.05) is 0 Å². The second kappa shape index (κ2) is 7.23. The van der Waals surface area contributed by atoms with Crippen LogP contribution in [-0.2, 0) is 19.6 Å². The second-order valence-corrected chi connectivity index (χ2v) is 5.30. The molecule has 0 aromatic rings. The van der Waals surface area contributed by atoms with Crippen molar-refractivity contribution in [3.8, 4) is 0 Å². The number of aliphatic carboxylic acids is 1. The van der Waals surface area contributed by atoms with Crippen LogP contribution in [0.3, 0.4) is 0 Å². The number of nitrogens with zero attached hydrogens (tertiary/aromatic N) is 1. The molecule has 0 aliphatic carbocycles. The first-order valence-corrected chi connectivity index (χ1v) is 6.90. The molecule has 100 valence electrons. The maximum Gasteiger partial charge on any atom is 0.305 e. The highest BCUT2D eigenvalue weighted by atomic mass is 32.2. The average Bonchev–Trinajstić information content (AvgIpc) is 2.17. The lowest BCUT2D eigenvalue weighted by atomic mass is 10.4. The molecule has 17 heavy (non-hydrogen) atoms. The van der Waals surface area contributed by atoms with E-state index < -0.39 is 27.7 Å². The van der Waals surface area contributed by atoms with E-state index in [0.29, 0.717) is 13.1 Å². The molecule has 8 heteroatoms. The number of nitrogens with one attached hydrogen (secondary N) is 1. The first-order valence-electron chi connectivity index (χ1n) is 5.29. The number of carbonyl (C=O) groups is 2. The van der Waals surface area contributed by atoms with Gasteiger partial charge in [-0.1, -0.05) is 13.8 Å². The van der Waals surface area contributed by atoms with E-state index in [1.54, 1.807) is 13.8 Å². The summed E-state index contributed by atoms with van der Waals surface area (Å²) in [7, 11) is -3.60. The molecule has 7 nitrogen and oxygen atoms in total. The molecular formula is C9H18N2O5S. The third-order valence-corrected chi connectivity index (χ3v) is 4.00. The molecule has 0 fully saturated rings. The minimum absolute atomic E-state index is 0.0675. The second-order valence-electron chi connectivity index (χ2n) is 3.33. The zero-order valence-electron chi connectivity index (χ0n) is 9.97. The van der Waals surface area contributed by atoms with Gasteiger partial charge in [-0.3, -0.25) is 9.59 Å². The van der Waals surface area contributed by atoms with Gasteiger partial charge in [0, 0.05) is 19.6 Å². The summed E-state index contributed by atoms with van der Waals surface area (Å²) in [6.07, 6.45) is -0.225. The van der Waals surface area contributed by atoms with Crippen LogP contribution in [0.25, 0.3) is 0 Å². The van der Waals surface area contributed by atoms with Crippen molar-refractivity contribution in [1.82, 2.24) is 9.62 Å². The molecule has 0 saturated heterocycles. The Morgan fingerprint density at radius 2 is 1.76 bits per heavy atom. The largest absolute Gasteiger partial charge is 0.481 e. The molecule has 0 aromatic carbocycles. The molecule has 0 bridgehead atoms. The normalized spacial score (nSPS) is 11.5. The minimum atomic E-state index is -3.60. The van der Waals surface area contributed by atoms with Crippen molar-refractivity contribution < 1.29 is 23.1 Å². The standard InChI is InChI=1S/C9H18N2O5S/c1-3-11(4-2)17(15,16)7-8(12)10-6-5-9(13)14/h3-7H2,1-2H3,(H,10,12)(H,13,14). The lowest BCUT2D eigenvalue weighted by molar-refractivity contribution is -0.136. The van der Waals surface area contributed by atoms with E-state index in [2.05, 4.69) is 5.32 Å². The Hall–Kier alpha value is -1.15. The van der Waals surface area contributed by atoms with E-state index in [0.717, 1.165) is 0 Å². The highest BCUT2D eigenvalue weighted by Gasteiger charge is 2.22. The van der Waals surface area contributed by atoms with Gasteiger partial charge in [-0.2, -0.15) is 0 Å². The fourth-order valence-corrected chi connectivity index (χ4v) is 2.64. The van der Waals surface area contributed by atoms with Crippen LogP contribution in [0.5, 0.6) is 0 Å². The summed E-state index contributed by atoms with van der Waals surface area (Å²) in [4.78, 5) is 21.5. The van der Waals surface area contributed by atoms with Crippen LogP contribution in [0.15, 0.2) is 0 Å². The molecule has 1 amide bonds. The summed E-state index contributed by atoms with van der Waals surface area (Å²) in [5, 5.41) is 10.6. The van der Waals surface area contributed by atoms with Gasteiger partial charge in [-0.05, 0) is 0 Å². The predicted octanol–water partition coefficient (Wildman–Crippen LogP) is -0.751. The zero-order chi connectivity index (χ0) is 13.5. The number of sulfonamides is 1. The fraction of sp³-hybridized carbons (Fsp3) is 0.778. The van der Waals surface area contributed by atoms with Crippen molar-refractivity contribution >= 4 is 21.9 Å². The van der Waals surface area contributed by atoms with E-state index in [1.165, 1.54) is 4.31 Å². The summed E-state index contributed by atoms with van der Waals surface area (Å²) in [6, 6.07) is 0. The molecular weight excluding hydrogens is 248 g/mol. The average molecular weight is 266 g/mol. The van der Waals surface area contributed by atoms with Gasteiger partial charge >= 0.3 is 5.97 Å². The van der Waals surface area contributed by atoms with Gasteiger partial charge in [-0.25, -0.2) is 12.7 Å². The van der Waals surface area contributed by atoms with Crippen LogP contribution in [-0.4, -0.2) is 55.1 Å². The van der Waals surface area contributed by atoms with Gasteiger partial charge in [0.2, 0.25) is 15.9 Å². The van der Waals surface area contributed by atoms with Gasteiger partial charge < -0.3 is 10.4 Å². The molecule has 2 N–H and O–H groups in total. The Morgan fingerprint density at radius 1 is 1.24 bits per heavy atom. The maximum atomic E-state index is 11.6. The Morgan fingerprint density at radius 3 is 2.18 bits per heavy atom. The predicted molar refractivity (Wildman–Crippen MR) is 62.0 cm³/mol. The van der Waals surface area contributed by atoms with Crippen LogP contribution in [0.4, 0.5) is 0 Å². The van der Waals surface area contributed by atoms with Crippen molar-refractivity contribution in [2.45, 2.75) is 20.3 Å². The molecule has 0 atom stereocenters. The van der Waals surface area contributed by atoms with E-state index in [9.17, 15) is 18.0 Å². The quantitative estimate of drug-likeness (QED) is 0.601. The third kappa shape index (κ3) is 6.22. The molecule has 0 rings (SSSR count). The lowest BCUT2D eigenvalue weighted by Crippen LogP contribution is -2.39. The zero-order valence-corrected chi connectivity index (χ0v) is 10.8. The highest BCUT2D eigenvalue weighted by Crippen LogP contribution is 2.00. The summed E-state index contributed by atoms with van der Waals surface area (Å²) in [5.74, 6) is -2.37. The molecule has 0 spiro atoms. The molecule has 0 heterocycles. The van der Waals surface area contributed by atoms with Gasteiger partial charge in [-0.15, -0.1) is 0 Å². The molecule has 0 aliphatic heterocycles. The van der Waals surface area contributed by atoms with E-state index in [-0.39, 0.29) is 13.0 Å². The summed E-state index contributed by atoms with van der Waals surface area (Å²) in [5.41, 5.74) is 0. The van der Waals surface area contributed by atoms with Crippen molar-refractivity contribution in [2.75, 3.05) is 25.4 Å². The number of amides is 1. The fourth-order valence-electron chi connectivity index (χ4n) is 1.23. The Labute approximate surface area is 101 Å². The molecule has 0 radical (unpaired) electrons. The van der Waals surface area contributed by atoms with Crippen molar-refractivity contribution in [3.05, 3.63) is 0 Å². The van der Waals surface area contributed by atoms with E-state index in [4.69, 9.17) is 5.11 Å². The van der Waals surface area contributed by atoms with Crippen LogP contribution in [0.2, 0.25) is 0 Å². The number of rotatable bonds is 8. The number of hydrogen-bond acceptors (Lipinski definition) is 4. The van der Waals surface area contributed by atoms with Gasteiger partial charge in [0.1, 0.15) is 5.75 Å². The summed E-state index contributed by atoms with van der Waals surface area (Å²) < 4.78 is 24.5. The molecule has 0 saturated carbocycles. The van der Waals surface area contributed by atoms with Gasteiger partial charge in [0.15, 0.2) is 0 Å². The van der Waals surface area contributed by atoms with E-state index >= 15 is 0 Å². The SMILES string of the molecule is CCN(CC)S(=O)(=O)CC(=O)NCCC(=O)O. The third-order valence-electron chi connectivity index (χ3n) is 2.07. The number of carbonyl (C=O) groups excluding carboxylic acids is 1. The Kier molecular flexibility index (Phi) is 6.74. The summed E-state index contributed by atoms with van der Waals surface area (Å²) >= 11 is 0. The Bertz CT molecular complexity index is 362. The number of hydrogen-bond donors (Lipinski definition) is 2. The number of carboxylic acids is 1. The van der Waals surface area contributed by atoms with Gasteiger partial charge in [0.25, 0.3) is 0 Å². The molecule has 0 aromatic heterocycles. The topological polar surface area (TPSA) is 104 Å². The molecule has 0 aliphatic rings. The monoisotopic (exact) mass is 266 g/mol. The Balaban J connectivity index is 4.23. The van der Waals surface area contributed by atoms with Crippen molar-refractivity contribution in [2.24, 2.45) is 0 Å². The highest BCUT2D eigenvalue weighted by molar-refractivity contribution is 7.89. The first kappa shape index (κ1) is 15.9. The maximum absolute atomic E-state index is 11.6. The van der Waals surface area contributed by atoms with Crippen LogP contribution in [0, 0.1) is 0 Å². The number of carboxylic acid groups (broad SMARTS) is 1. The van der Waals surface area contributed by atoms with Crippen LogP contribution < -0.4 is 5.32 Å². The minimum Gasteiger partial charge on any atom is -0.481 e.